The van der Waals surface area contributed by atoms with E-state index in [2.05, 4.69) is 10.3 Å². The number of nitrogens with one attached hydrogen (secondary N) is 1. The molecule has 27 heavy (non-hydrogen) atoms. The van der Waals surface area contributed by atoms with E-state index in [0.717, 1.165) is 22.4 Å². The van der Waals surface area contributed by atoms with Crippen molar-refractivity contribution < 1.29 is 14.3 Å². The van der Waals surface area contributed by atoms with Gasteiger partial charge >= 0.3 is 0 Å². The Labute approximate surface area is 158 Å². The highest BCUT2D eigenvalue weighted by molar-refractivity contribution is 5.86. The SMILES string of the molecule is Cc1ccccc1[C@@H]1[C@@H](C(=O)NCc2cc(CN)ccn2)OCC(=O)N1C. The van der Waals surface area contributed by atoms with Crippen LogP contribution in [0.1, 0.15) is 28.4 Å². The first-order chi connectivity index (χ1) is 13.0. The molecule has 0 saturated carbocycles. The summed E-state index contributed by atoms with van der Waals surface area (Å²) in [6, 6.07) is 10.9. The van der Waals surface area contributed by atoms with E-state index in [-0.39, 0.29) is 25.0 Å². The smallest absolute Gasteiger partial charge is 0.252 e. The highest BCUT2D eigenvalue weighted by atomic mass is 16.5. The van der Waals surface area contributed by atoms with Crippen LogP contribution >= 0.6 is 0 Å². The maximum absolute atomic E-state index is 12.8. The van der Waals surface area contributed by atoms with Gasteiger partial charge in [-0.1, -0.05) is 24.3 Å². The Morgan fingerprint density at radius 1 is 1.37 bits per heavy atom. The lowest BCUT2D eigenvalue weighted by Gasteiger charge is -2.38. The lowest BCUT2D eigenvalue weighted by molar-refractivity contribution is -0.162. The van der Waals surface area contributed by atoms with E-state index < -0.39 is 12.1 Å². The van der Waals surface area contributed by atoms with Crippen LogP contribution in [-0.2, 0) is 27.4 Å². The Balaban J connectivity index is 1.78. The molecule has 0 bridgehead atoms. The third-order valence-electron chi connectivity index (χ3n) is 4.81. The number of rotatable bonds is 5. The highest BCUT2D eigenvalue weighted by Crippen LogP contribution is 2.31. The summed E-state index contributed by atoms with van der Waals surface area (Å²) in [4.78, 5) is 30.8. The number of aromatic nitrogens is 1. The zero-order chi connectivity index (χ0) is 19.4. The summed E-state index contributed by atoms with van der Waals surface area (Å²) < 4.78 is 5.63. The van der Waals surface area contributed by atoms with E-state index in [9.17, 15) is 9.59 Å². The summed E-state index contributed by atoms with van der Waals surface area (Å²) in [6.45, 7) is 2.53. The maximum Gasteiger partial charge on any atom is 0.252 e. The number of nitrogens with zero attached hydrogens (tertiary/aromatic N) is 2. The number of aryl methyl sites for hydroxylation is 1. The largest absolute Gasteiger partial charge is 0.356 e. The van der Waals surface area contributed by atoms with Gasteiger partial charge in [-0.15, -0.1) is 0 Å². The van der Waals surface area contributed by atoms with Crippen molar-refractivity contribution in [1.29, 1.82) is 0 Å². The van der Waals surface area contributed by atoms with Crippen molar-refractivity contribution in [2.75, 3.05) is 13.7 Å². The second-order valence-electron chi connectivity index (χ2n) is 6.62. The molecule has 7 heteroatoms. The minimum Gasteiger partial charge on any atom is -0.356 e. The van der Waals surface area contributed by atoms with Crippen LogP contribution in [0.5, 0.6) is 0 Å². The van der Waals surface area contributed by atoms with E-state index in [0.29, 0.717) is 6.54 Å². The summed E-state index contributed by atoms with van der Waals surface area (Å²) in [7, 11) is 1.70. The molecule has 142 valence electrons. The van der Waals surface area contributed by atoms with Gasteiger partial charge in [-0.05, 0) is 35.7 Å². The van der Waals surface area contributed by atoms with Gasteiger partial charge in [0, 0.05) is 19.8 Å². The third kappa shape index (κ3) is 4.15. The van der Waals surface area contributed by atoms with Crippen LogP contribution in [0, 0.1) is 6.92 Å². The normalized spacial score (nSPS) is 19.8. The summed E-state index contributed by atoms with van der Waals surface area (Å²) >= 11 is 0. The molecule has 0 aliphatic carbocycles. The van der Waals surface area contributed by atoms with Gasteiger partial charge in [-0.3, -0.25) is 14.6 Å². The molecule has 1 aromatic carbocycles. The van der Waals surface area contributed by atoms with Gasteiger partial charge in [-0.2, -0.15) is 0 Å². The van der Waals surface area contributed by atoms with Crippen molar-refractivity contribution in [2.45, 2.75) is 32.2 Å². The first-order valence-electron chi connectivity index (χ1n) is 8.85. The van der Waals surface area contributed by atoms with Crippen molar-refractivity contribution >= 4 is 11.8 Å². The number of pyridine rings is 1. The van der Waals surface area contributed by atoms with Crippen molar-refractivity contribution in [3.05, 3.63) is 65.0 Å². The fourth-order valence-corrected chi connectivity index (χ4v) is 3.25. The summed E-state index contributed by atoms with van der Waals surface area (Å²) in [5.41, 5.74) is 9.22. The molecule has 2 atom stereocenters. The zero-order valence-corrected chi connectivity index (χ0v) is 15.5. The van der Waals surface area contributed by atoms with Crippen LogP contribution in [0.15, 0.2) is 42.6 Å². The summed E-state index contributed by atoms with van der Waals surface area (Å²) in [6.07, 6.45) is 0.884. The zero-order valence-electron chi connectivity index (χ0n) is 15.5. The lowest BCUT2D eigenvalue weighted by atomic mass is 9.94. The van der Waals surface area contributed by atoms with Crippen molar-refractivity contribution in [2.24, 2.45) is 5.73 Å². The molecule has 7 nitrogen and oxygen atoms in total. The average molecular weight is 368 g/mol. The van der Waals surface area contributed by atoms with Crippen LogP contribution in [0.2, 0.25) is 0 Å². The van der Waals surface area contributed by atoms with Gasteiger partial charge in [0.05, 0.1) is 18.3 Å². The molecule has 0 unspecified atom stereocenters. The molecule has 3 rings (SSSR count). The number of hydrogen-bond donors (Lipinski definition) is 2. The van der Waals surface area contributed by atoms with Gasteiger partial charge in [0.2, 0.25) is 5.91 Å². The Hall–Kier alpha value is -2.77. The predicted octanol–water partition coefficient (Wildman–Crippen LogP) is 1.06. The first kappa shape index (κ1) is 19.0. The minimum absolute atomic E-state index is 0.113. The van der Waals surface area contributed by atoms with Crippen molar-refractivity contribution in [1.82, 2.24) is 15.2 Å². The number of carbonyl (C=O) groups excluding carboxylic acids is 2. The van der Waals surface area contributed by atoms with Gasteiger partial charge in [0.15, 0.2) is 6.10 Å². The minimum atomic E-state index is -0.786. The molecule has 0 radical (unpaired) electrons. The Bertz CT molecular complexity index is 839. The maximum atomic E-state index is 12.8. The fraction of sp³-hybridized carbons (Fsp3) is 0.350. The van der Waals surface area contributed by atoms with Gasteiger partial charge in [0.25, 0.3) is 5.91 Å². The topological polar surface area (TPSA) is 97.5 Å². The second-order valence-corrected chi connectivity index (χ2v) is 6.62. The van der Waals surface area contributed by atoms with Crippen molar-refractivity contribution in [3.8, 4) is 0 Å². The Kier molecular flexibility index (Phi) is 5.83. The number of ether oxygens (including phenoxy) is 1. The van der Waals surface area contributed by atoms with Gasteiger partial charge < -0.3 is 20.7 Å². The van der Waals surface area contributed by atoms with Crippen LogP contribution < -0.4 is 11.1 Å². The molecular formula is C20H24N4O3. The highest BCUT2D eigenvalue weighted by Gasteiger charge is 2.40. The monoisotopic (exact) mass is 368 g/mol. The molecule has 2 heterocycles. The summed E-state index contributed by atoms with van der Waals surface area (Å²) in [5, 5.41) is 2.87. The number of morpholine rings is 1. The van der Waals surface area contributed by atoms with Crippen LogP contribution in [0.4, 0.5) is 0 Å². The predicted molar refractivity (Wildman–Crippen MR) is 100 cm³/mol. The molecule has 1 aliphatic heterocycles. The third-order valence-corrected chi connectivity index (χ3v) is 4.81. The van der Waals surface area contributed by atoms with E-state index in [1.165, 1.54) is 0 Å². The van der Waals surface area contributed by atoms with Crippen LogP contribution in [0.25, 0.3) is 0 Å². The first-order valence-corrected chi connectivity index (χ1v) is 8.85. The molecule has 1 saturated heterocycles. The van der Waals surface area contributed by atoms with E-state index in [4.69, 9.17) is 10.5 Å². The van der Waals surface area contributed by atoms with Gasteiger partial charge in [0.1, 0.15) is 6.61 Å². The molecule has 0 spiro atoms. The number of hydrogen-bond acceptors (Lipinski definition) is 5. The Morgan fingerprint density at radius 2 is 2.15 bits per heavy atom. The number of carbonyl (C=O) groups is 2. The standard InChI is InChI=1S/C20H24N4O3/c1-13-5-3-4-6-16(13)18-19(27-12-17(25)24(18)2)20(26)23-11-15-9-14(10-21)7-8-22-15/h3-9,18-19H,10-12,21H2,1-2H3,(H,23,26)/t18-,19+/m1/s1. The molecule has 2 aromatic rings. The second kappa shape index (κ2) is 8.28. The van der Waals surface area contributed by atoms with Crippen LogP contribution in [0.3, 0.4) is 0 Å². The number of amides is 2. The number of benzene rings is 1. The van der Waals surface area contributed by atoms with E-state index in [1.54, 1.807) is 18.1 Å². The molecule has 1 fully saturated rings. The quantitative estimate of drug-likeness (QED) is 0.823. The average Bonchev–Trinajstić information content (AvgIpc) is 2.69. The fourth-order valence-electron chi connectivity index (χ4n) is 3.25. The summed E-state index contributed by atoms with van der Waals surface area (Å²) in [5.74, 6) is -0.424. The molecule has 1 aromatic heterocycles. The molecule has 1 aliphatic rings. The molecular weight excluding hydrogens is 344 g/mol. The van der Waals surface area contributed by atoms with Crippen molar-refractivity contribution in [3.63, 3.8) is 0 Å². The molecule has 2 amide bonds. The van der Waals surface area contributed by atoms with E-state index >= 15 is 0 Å². The van der Waals surface area contributed by atoms with E-state index in [1.807, 2.05) is 43.3 Å². The number of nitrogens with two attached hydrogens (primary N) is 1. The lowest BCUT2D eigenvalue weighted by Crippen LogP contribution is -2.53. The number of likely N-dealkylation sites (N-methyl/N-ethyl adjacent to an activating group) is 1. The Morgan fingerprint density at radius 3 is 2.89 bits per heavy atom. The molecule has 3 N–H and O–H groups in total. The van der Waals surface area contributed by atoms with Gasteiger partial charge in [-0.25, -0.2) is 0 Å². The van der Waals surface area contributed by atoms with Crippen LogP contribution in [-0.4, -0.2) is 41.5 Å².